The third-order valence-electron chi connectivity index (χ3n) is 6.77. The molecule has 1 fully saturated rings. The summed E-state index contributed by atoms with van der Waals surface area (Å²) in [7, 11) is 2.61. The largest absolute Gasteiger partial charge is 0.493 e. The minimum atomic E-state index is -3.64. The van der Waals surface area contributed by atoms with E-state index in [0.717, 1.165) is 28.5 Å². The minimum Gasteiger partial charge on any atom is -0.493 e. The van der Waals surface area contributed by atoms with Gasteiger partial charge in [-0.3, -0.25) is 4.18 Å². The van der Waals surface area contributed by atoms with Gasteiger partial charge >= 0.3 is 0 Å². The van der Waals surface area contributed by atoms with Crippen LogP contribution in [0.25, 0.3) is 11.1 Å². The maximum Gasteiger partial charge on any atom is 0.264 e. The molecule has 1 saturated heterocycles. The first-order valence-corrected chi connectivity index (χ1v) is 12.9. The lowest BCUT2D eigenvalue weighted by molar-refractivity contribution is 0.149. The van der Waals surface area contributed by atoms with Crippen molar-refractivity contribution in [3.8, 4) is 45.6 Å². The molecule has 1 spiro atoms. The van der Waals surface area contributed by atoms with Gasteiger partial charge in [-0.15, -0.1) is 0 Å². The van der Waals surface area contributed by atoms with Crippen LogP contribution in [0.2, 0.25) is 0 Å². The summed E-state index contributed by atoms with van der Waals surface area (Å²) in [5.41, 5.74) is 2.65. The molecule has 2 heterocycles. The van der Waals surface area contributed by atoms with Crippen molar-refractivity contribution >= 4 is 10.1 Å². The van der Waals surface area contributed by atoms with Crippen molar-refractivity contribution < 1.29 is 45.8 Å². The van der Waals surface area contributed by atoms with Crippen LogP contribution < -0.4 is 28.4 Å². The molecule has 0 bridgehead atoms. The zero-order chi connectivity index (χ0) is 25.0. The first-order chi connectivity index (χ1) is 16.7. The van der Waals surface area contributed by atoms with Gasteiger partial charge in [0.15, 0.2) is 23.0 Å². The number of methoxy groups -OCH3 is 4. The molecular weight excluding hydrogens is 480 g/mol. The van der Waals surface area contributed by atoms with Crippen LogP contribution in [0.3, 0.4) is 0 Å². The second kappa shape index (κ2) is 8.65. The zero-order valence-electron chi connectivity index (χ0n) is 20.3. The fourth-order valence-corrected chi connectivity index (χ4v) is 5.49. The van der Waals surface area contributed by atoms with Crippen LogP contribution in [-0.4, -0.2) is 68.7 Å². The third-order valence-corrected chi connectivity index (χ3v) is 7.33. The number of rotatable bonds is 7. The number of ether oxygens (including phenoxy) is 7. The van der Waals surface area contributed by atoms with E-state index in [0.29, 0.717) is 53.9 Å². The highest BCUT2D eigenvalue weighted by Gasteiger charge is 2.53. The van der Waals surface area contributed by atoms with Gasteiger partial charge in [0.25, 0.3) is 10.1 Å². The quantitative estimate of drug-likeness (QED) is 0.409. The predicted octanol–water partition coefficient (Wildman–Crippen LogP) is 2.58. The molecule has 5 rings (SSSR count). The van der Waals surface area contributed by atoms with E-state index in [-0.39, 0.29) is 19.3 Å². The summed E-state index contributed by atoms with van der Waals surface area (Å²) in [6.07, 6.45) is 1.98. The van der Waals surface area contributed by atoms with Crippen molar-refractivity contribution in [1.29, 1.82) is 0 Å². The third kappa shape index (κ3) is 4.01. The molecule has 2 atom stereocenters. The molecule has 0 amide bonds. The van der Waals surface area contributed by atoms with Crippen LogP contribution >= 0.6 is 0 Å². The molecule has 0 aromatic heterocycles. The lowest BCUT2D eigenvalue weighted by Crippen LogP contribution is -2.35. The summed E-state index contributed by atoms with van der Waals surface area (Å²) >= 11 is 0. The van der Waals surface area contributed by atoms with Crippen LogP contribution in [0.1, 0.15) is 11.1 Å². The van der Waals surface area contributed by atoms with Crippen LogP contribution in [0.15, 0.2) is 12.1 Å². The van der Waals surface area contributed by atoms with Crippen LogP contribution in [0.5, 0.6) is 34.5 Å². The Labute approximate surface area is 204 Å². The Morgan fingerprint density at radius 3 is 2.23 bits per heavy atom. The summed E-state index contributed by atoms with van der Waals surface area (Å²) in [6.45, 7) is 0.519. The average Bonchev–Trinajstić information content (AvgIpc) is 3.45. The zero-order valence-corrected chi connectivity index (χ0v) is 21.1. The van der Waals surface area contributed by atoms with Gasteiger partial charge in [0.05, 0.1) is 47.9 Å². The summed E-state index contributed by atoms with van der Waals surface area (Å²) in [5.74, 6) is 2.73. The van der Waals surface area contributed by atoms with Crippen molar-refractivity contribution in [3.05, 3.63) is 23.3 Å². The molecule has 190 valence electrons. The van der Waals surface area contributed by atoms with Gasteiger partial charge < -0.3 is 33.2 Å². The summed E-state index contributed by atoms with van der Waals surface area (Å²) in [5, 5.41) is 0. The highest BCUT2D eigenvalue weighted by molar-refractivity contribution is 7.85. The van der Waals surface area contributed by atoms with E-state index < -0.39 is 15.7 Å². The predicted molar refractivity (Wildman–Crippen MR) is 125 cm³/mol. The van der Waals surface area contributed by atoms with E-state index in [1.165, 1.54) is 0 Å². The highest BCUT2D eigenvalue weighted by Crippen LogP contribution is 2.58. The normalized spacial score (nSPS) is 22.0. The van der Waals surface area contributed by atoms with Crippen molar-refractivity contribution in [2.75, 3.05) is 54.7 Å². The molecule has 3 aliphatic rings. The van der Waals surface area contributed by atoms with Gasteiger partial charge in [0.2, 0.25) is 18.3 Å². The molecule has 2 aromatic rings. The maximum absolute atomic E-state index is 11.8. The van der Waals surface area contributed by atoms with E-state index in [1.807, 2.05) is 12.1 Å². The van der Waals surface area contributed by atoms with Gasteiger partial charge in [-0.2, -0.15) is 8.42 Å². The van der Waals surface area contributed by atoms with Crippen molar-refractivity contribution in [2.24, 2.45) is 5.92 Å². The number of benzene rings is 2. The van der Waals surface area contributed by atoms with E-state index in [1.54, 1.807) is 28.4 Å². The van der Waals surface area contributed by atoms with E-state index in [9.17, 15) is 8.42 Å². The Kier molecular flexibility index (Phi) is 5.89. The lowest BCUT2D eigenvalue weighted by Gasteiger charge is -2.31. The molecule has 0 N–H and O–H groups in total. The van der Waals surface area contributed by atoms with Gasteiger partial charge in [0.1, 0.15) is 5.60 Å². The first-order valence-electron chi connectivity index (χ1n) is 11.0. The lowest BCUT2D eigenvalue weighted by atomic mass is 9.76. The topological polar surface area (TPSA) is 111 Å². The van der Waals surface area contributed by atoms with Gasteiger partial charge in [-0.25, -0.2) is 0 Å². The molecule has 35 heavy (non-hydrogen) atoms. The number of epoxide rings is 1. The number of fused-ring (bicyclic) bond motifs is 4. The van der Waals surface area contributed by atoms with Crippen molar-refractivity contribution in [2.45, 2.75) is 18.4 Å². The minimum absolute atomic E-state index is 0.0191. The fourth-order valence-electron chi connectivity index (χ4n) is 5.08. The molecule has 2 aliphatic heterocycles. The van der Waals surface area contributed by atoms with E-state index in [4.69, 9.17) is 37.3 Å². The van der Waals surface area contributed by atoms with Crippen LogP contribution in [-0.2, 0) is 31.9 Å². The van der Waals surface area contributed by atoms with Crippen molar-refractivity contribution in [3.63, 3.8) is 0 Å². The van der Waals surface area contributed by atoms with Gasteiger partial charge in [-0.1, -0.05) is 0 Å². The van der Waals surface area contributed by atoms with Crippen LogP contribution in [0.4, 0.5) is 0 Å². The van der Waals surface area contributed by atoms with Crippen molar-refractivity contribution in [1.82, 2.24) is 0 Å². The fraction of sp³-hybridized carbons (Fsp3) is 0.500. The number of hydrogen-bond donors (Lipinski definition) is 0. The maximum atomic E-state index is 11.8. The smallest absolute Gasteiger partial charge is 0.264 e. The standard InChI is InChI=1S/C24H28O10S/c1-27-16-8-14-9-24(11-33-24)15(10-34-35(5,25)26)6-13-7-17-21(32-12-31-17)23(30-4)18(13)19(14)22(29-3)20(16)28-2/h7-8,15H,6,9-12H2,1-5H3/t15-,24-/m1/s1. The SMILES string of the molecule is COc1cc2c(c(OC)c1OC)-c1c(cc3c(c1OC)OCO3)C[C@H](COS(C)(=O)=O)[C@]1(CO1)C2. The van der Waals surface area contributed by atoms with Gasteiger partial charge in [0, 0.05) is 23.5 Å². The Balaban J connectivity index is 1.80. The Bertz CT molecular complexity index is 1270. The molecule has 0 unspecified atom stereocenters. The highest BCUT2D eigenvalue weighted by atomic mass is 32.2. The van der Waals surface area contributed by atoms with Gasteiger partial charge in [-0.05, 0) is 29.7 Å². The monoisotopic (exact) mass is 508 g/mol. The Morgan fingerprint density at radius 2 is 1.63 bits per heavy atom. The first kappa shape index (κ1) is 23.8. The summed E-state index contributed by atoms with van der Waals surface area (Å²) < 4.78 is 69.4. The molecular formula is C24H28O10S. The second-order valence-corrected chi connectivity index (χ2v) is 10.4. The van der Waals surface area contributed by atoms with Crippen LogP contribution in [0, 0.1) is 5.92 Å². The Morgan fingerprint density at radius 1 is 0.943 bits per heavy atom. The van der Waals surface area contributed by atoms with E-state index >= 15 is 0 Å². The summed E-state index contributed by atoms with van der Waals surface area (Å²) in [6, 6.07) is 3.79. The summed E-state index contributed by atoms with van der Waals surface area (Å²) in [4.78, 5) is 0. The number of hydrogen-bond acceptors (Lipinski definition) is 10. The Hall–Kier alpha value is -2.89. The molecule has 11 heteroatoms. The average molecular weight is 509 g/mol. The molecule has 10 nitrogen and oxygen atoms in total. The molecule has 2 aromatic carbocycles. The molecule has 1 aliphatic carbocycles. The van der Waals surface area contributed by atoms with E-state index in [2.05, 4.69) is 0 Å². The molecule has 0 radical (unpaired) electrons. The molecule has 0 saturated carbocycles. The second-order valence-electron chi connectivity index (χ2n) is 8.78.